The minimum Gasteiger partial charge on any atom is -0.478 e. The van der Waals surface area contributed by atoms with Crippen molar-refractivity contribution < 1.29 is 24.9 Å². The van der Waals surface area contributed by atoms with E-state index < -0.39 is 11.5 Å². The molecule has 0 spiro atoms. The van der Waals surface area contributed by atoms with Gasteiger partial charge in [-0.2, -0.15) is 0 Å². The Labute approximate surface area is 307 Å². The summed E-state index contributed by atoms with van der Waals surface area (Å²) in [5, 5.41) is 35.2. The number of carboxylic acid groups (broad SMARTS) is 1. The first kappa shape index (κ1) is 38.3. The summed E-state index contributed by atoms with van der Waals surface area (Å²) in [4.78, 5) is 24.2. The van der Waals surface area contributed by atoms with Crippen LogP contribution in [0.1, 0.15) is 129 Å². The summed E-state index contributed by atoms with van der Waals surface area (Å²) in [6.07, 6.45) is 13.8. The molecule has 5 aliphatic rings. The molecular weight excluding hydrogens is 636 g/mol. The first-order chi connectivity index (χ1) is 23.9. The fourth-order valence-electron chi connectivity index (χ4n) is 13.5. The van der Waals surface area contributed by atoms with Crippen LogP contribution < -0.4 is 10.6 Å². The molecule has 1 amide bonds. The van der Waals surface area contributed by atoms with E-state index in [1.807, 2.05) is 12.1 Å². The molecule has 282 valence electrons. The molecule has 5 N–H and O–H groups in total. The Morgan fingerprint density at radius 1 is 0.902 bits per heavy atom. The fourth-order valence-corrected chi connectivity index (χ4v) is 13.5. The Bertz CT molecular complexity index is 1540. The van der Waals surface area contributed by atoms with E-state index in [4.69, 9.17) is 0 Å². The summed E-state index contributed by atoms with van der Waals surface area (Å²) >= 11 is 0. The van der Waals surface area contributed by atoms with Crippen molar-refractivity contribution in [1.82, 2.24) is 10.6 Å². The number of hydrogen-bond acceptors (Lipinski definition) is 5. The zero-order chi connectivity index (χ0) is 37.2. The van der Waals surface area contributed by atoms with Crippen LogP contribution in [0.2, 0.25) is 0 Å². The lowest BCUT2D eigenvalue weighted by atomic mass is 9.32. The molecule has 0 radical (unpaired) electrons. The second-order valence-corrected chi connectivity index (χ2v) is 19.3. The van der Waals surface area contributed by atoms with E-state index >= 15 is 0 Å². The maximum Gasteiger partial charge on any atom is 0.335 e. The van der Waals surface area contributed by atoms with Crippen LogP contribution >= 0.6 is 0 Å². The van der Waals surface area contributed by atoms with Gasteiger partial charge in [-0.1, -0.05) is 65.0 Å². The minimum atomic E-state index is -0.998. The molecule has 4 fully saturated rings. The first-order valence-electron chi connectivity index (χ1n) is 19.8. The summed E-state index contributed by atoms with van der Waals surface area (Å²) in [5.41, 5.74) is 4.12. The minimum absolute atomic E-state index is 0.00751. The Morgan fingerprint density at radius 3 is 2.22 bits per heavy atom. The molecule has 9 atom stereocenters. The largest absolute Gasteiger partial charge is 0.478 e. The second-order valence-electron chi connectivity index (χ2n) is 19.3. The number of aliphatic hydroxyl groups is 2. The third-order valence-corrected chi connectivity index (χ3v) is 16.4. The molecule has 4 saturated carbocycles. The molecule has 0 bridgehead atoms. The number of fused-ring (bicyclic) bond motifs is 7. The van der Waals surface area contributed by atoms with Gasteiger partial charge in [0.2, 0.25) is 5.91 Å². The number of aromatic carboxylic acids is 1. The van der Waals surface area contributed by atoms with Crippen molar-refractivity contribution in [2.45, 2.75) is 118 Å². The maximum absolute atomic E-state index is 12.7. The van der Waals surface area contributed by atoms with Gasteiger partial charge in [0.05, 0.1) is 24.3 Å². The summed E-state index contributed by atoms with van der Waals surface area (Å²) in [5.74, 6) is 1.96. The zero-order valence-electron chi connectivity index (χ0n) is 32.5. The van der Waals surface area contributed by atoms with Crippen LogP contribution in [-0.2, 0) is 4.79 Å². The van der Waals surface area contributed by atoms with Crippen molar-refractivity contribution in [1.29, 1.82) is 0 Å². The predicted molar refractivity (Wildman–Crippen MR) is 204 cm³/mol. The summed E-state index contributed by atoms with van der Waals surface area (Å²) in [7, 11) is 0. The van der Waals surface area contributed by atoms with Crippen molar-refractivity contribution in [2.75, 3.05) is 26.3 Å². The molecule has 1 aromatic rings. The number of nitrogens with one attached hydrogen (secondary N) is 2. The third kappa shape index (κ3) is 6.06. The van der Waals surface area contributed by atoms with E-state index in [-0.39, 0.29) is 46.2 Å². The third-order valence-electron chi connectivity index (χ3n) is 16.4. The molecule has 1 aromatic carbocycles. The van der Waals surface area contributed by atoms with Gasteiger partial charge < -0.3 is 26.0 Å². The molecule has 51 heavy (non-hydrogen) atoms. The molecule has 7 heteroatoms. The normalized spacial score (nSPS) is 38.4. The van der Waals surface area contributed by atoms with Crippen LogP contribution in [0.15, 0.2) is 42.5 Å². The molecule has 2 unspecified atom stereocenters. The van der Waals surface area contributed by atoms with Gasteiger partial charge in [0.15, 0.2) is 0 Å². The van der Waals surface area contributed by atoms with E-state index in [2.05, 4.69) is 64.8 Å². The smallest absolute Gasteiger partial charge is 0.335 e. The molecule has 7 nitrogen and oxygen atoms in total. The van der Waals surface area contributed by atoms with Crippen molar-refractivity contribution in [2.24, 2.45) is 56.7 Å². The quantitative estimate of drug-likeness (QED) is 0.118. The van der Waals surface area contributed by atoms with E-state index in [1.165, 1.54) is 62.5 Å². The number of carbonyl (C=O) groups excluding carboxylic acids is 1. The molecule has 0 aliphatic heterocycles. The van der Waals surface area contributed by atoms with Gasteiger partial charge in [0, 0.05) is 19.5 Å². The zero-order valence-corrected chi connectivity index (χ0v) is 32.5. The lowest BCUT2D eigenvalue weighted by Crippen LogP contribution is -2.65. The van der Waals surface area contributed by atoms with Gasteiger partial charge in [0.25, 0.3) is 0 Å². The van der Waals surface area contributed by atoms with Crippen molar-refractivity contribution in [3.8, 4) is 0 Å². The molecular formula is C44H66N2O5. The van der Waals surface area contributed by atoms with Gasteiger partial charge in [-0.05, 0) is 152 Å². The highest BCUT2D eigenvalue weighted by atomic mass is 16.4. The van der Waals surface area contributed by atoms with Crippen LogP contribution in [0.4, 0.5) is 0 Å². The van der Waals surface area contributed by atoms with Crippen molar-refractivity contribution in [3.63, 3.8) is 0 Å². The molecule has 6 rings (SSSR count). The van der Waals surface area contributed by atoms with Gasteiger partial charge in [0.1, 0.15) is 0 Å². The van der Waals surface area contributed by atoms with Crippen LogP contribution in [0.25, 0.3) is 5.57 Å². The standard InChI is InChI=1S/C44H66N2O5/c1-28(2)31-15-21-44(25-45-24-18-36(49)46-40(5,26-47)27-48)23-22-42(7)33(37(31)44)13-14-35-41(6)19-16-32(29-9-11-30(12-10-29)38(50)51)39(3,4)34(41)17-20-43(35,42)8/h9-12,16,31,33-35,37,45,47-48H,1,13-15,17-27H2,2-8H3,(H,46,49)(H,50,51)/t31-,33+,34?,35?,37+,41-,42+,43+,44+/m0/s1. The molecule has 0 heterocycles. The van der Waals surface area contributed by atoms with Crippen LogP contribution in [-0.4, -0.2) is 59.0 Å². The lowest BCUT2D eigenvalue weighted by molar-refractivity contribution is -0.225. The van der Waals surface area contributed by atoms with E-state index in [9.17, 15) is 24.9 Å². The number of carboxylic acids is 1. The van der Waals surface area contributed by atoms with Crippen LogP contribution in [0.5, 0.6) is 0 Å². The number of carbonyl (C=O) groups is 2. The number of hydrogen-bond donors (Lipinski definition) is 5. The summed E-state index contributed by atoms with van der Waals surface area (Å²) in [6.45, 7) is 22.3. The maximum atomic E-state index is 12.7. The first-order valence-corrected chi connectivity index (χ1v) is 19.8. The number of benzene rings is 1. The van der Waals surface area contributed by atoms with Gasteiger partial charge in [-0.25, -0.2) is 4.79 Å². The van der Waals surface area contributed by atoms with Gasteiger partial charge in [-0.15, -0.1) is 0 Å². The molecule has 5 aliphatic carbocycles. The number of rotatable bonds is 11. The van der Waals surface area contributed by atoms with Crippen LogP contribution in [0.3, 0.4) is 0 Å². The second kappa shape index (κ2) is 13.4. The Kier molecular flexibility index (Phi) is 10.1. The van der Waals surface area contributed by atoms with Gasteiger partial charge in [-0.3, -0.25) is 4.79 Å². The number of allylic oxidation sites excluding steroid dienone is 3. The van der Waals surface area contributed by atoms with E-state index in [0.29, 0.717) is 48.1 Å². The monoisotopic (exact) mass is 702 g/mol. The lowest BCUT2D eigenvalue weighted by Gasteiger charge is -2.72. The van der Waals surface area contributed by atoms with Crippen molar-refractivity contribution >= 4 is 17.4 Å². The average Bonchev–Trinajstić information content (AvgIpc) is 3.47. The SMILES string of the molecule is C=C(C)[C@@H]1CC[C@]2(CNCCC(=O)NC(C)(CO)CO)CC[C@]3(C)[C@H](CCC4[C@@]5(C)CC=C(c6ccc(C(=O)O)cc6)C(C)(C)C5CC[C@]43C)[C@@H]12. The topological polar surface area (TPSA) is 119 Å². The van der Waals surface area contributed by atoms with E-state index in [1.54, 1.807) is 19.1 Å². The molecule has 0 aromatic heterocycles. The Balaban J connectivity index is 1.23. The van der Waals surface area contributed by atoms with E-state index in [0.717, 1.165) is 18.5 Å². The van der Waals surface area contributed by atoms with Crippen molar-refractivity contribution in [3.05, 3.63) is 53.6 Å². The number of amides is 1. The van der Waals surface area contributed by atoms with Gasteiger partial charge >= 0.3 is 5.97 Å². The predicted octanol–water partition coefficient (Wildman–Crippen LogP) is 7.87. The Morgan fingerprint density at radius 2 is 1.59 bits per heavy atom. The fraction of sp³-hybridized carbons (Fsp3) is 0.727. The summed E-state index contributed by atoms with van der Waals surface area (Å²) < 4.78 is 0. The summed E-state index contributed by atoms with van der Waals surface area (Å²) in [6, 6.07) is 7.54. The number of aliphatic hydroxyl groups excluding tert-OH is 2. The van der Waals surface area contributed by atoms with Crippen LogP contribution in [0, 0.1) is 56.7 Å². The average molecular weight is 703 g/mol. The molecule has 0 saturated heterocycles. The highest BCUT2D eigenvalue weighted by Crippen LogP contribution is 2.77. The Hall–Kier alpha value is -2.48. The highest BCUT2D eigenvalue weighted by Gasteiger charge is 2.70. The highest BCUT2D eigenvalue weighted by molar-refractivity contribution is 5.88.